The summed E-state index contributed by atoms with van der Waals surface area (Å²) >= 11 is 9.22. The molecule has 1 aliphatic heterocycles. The first-order valence-corrected chi connectivity index (χ1v) is 8.27. The lowest BCUT2D eigenvalue weighted by Crippen LogP contribution is -2.17. The molecule has 0 unspecified atom stereocenters. The van der Waals surface area contributed by atoms with Crippen molar-refractivity contribution in [3.05, 3.63) is 57.0 Å². The maximum atomic E-state index is 12.2. The summed E-state index contributed by atoms with van der Waals surface area (Å²) in [4.78, 5) is 24.3. The van der Waals surface area contributed by atoms with E-state index in [-0.39, 0.29) is 23.0 Å². The van der Waals surface area contributed by atoms with E-state index < -0.39 is 5.97 Å². The molecule has 1 heterocycles. The lowest BCUT2D eigenvalue weighted by Gasteiger charge is -2.18. The predicted molar refractivity (Wildman–Crippen MR) is 91.2 cm³/mol. The normalized spacial score (nSPS) is 12.6. The van der Waals surface area contributed by atoms with Crippen molar-refractivity contribution >= 4 is 39.3 Å². The zero-order valence-corrected chi connectivity index (χ0v) is 14.7. The molecule has 0 radical (unpaired) electrons. The van der Waals surface area contributed by atoms with Gasteiger partial charge in [-0.2, -0.15) is 0 Å². The second-order valence-electron chi connectivity index (χ2n) is 4.98. The number of hydrogen-bond donors (Lipinski definition) is 0. The van der Waals surface area contributed by atoms with Crippen molar-refractivity contribution in [1.29, 1.82) is 0 Å². The minimum absolute atomic E-state index is 0.195. The predicted octanol–water partition coefficient (Wildman–Crippen LogP) is 3.91. The van der Waals surface area contributed by atoms with Crippen LogP contribution in [0.2, 0.25) is 5.02 Å². The van der Waals surface area contributed by atoms with Crippen molar-refractivity contribution in [2.75, 3.05) is 19.8 Å². The average Bonchev–Trinajstić information content (AvgIpc) is 2.61. The van der Waals surface area contributed by atoms with Crippen molar-refractivity contribution in [2.45, 2.75) is 0 Å². The summed E-state index contributed by atoms with van der Waals surface area (Å²) in [5, 5.41) is 0.259. The number of halogens is 2. The first-order chi connectivity index (χ1) is 11.5. The lowest BCUT2D eigenvalue weighted by molar-refractivity contribution is 0.0474. The molecule has 0 amide bonds. The van der Waals surface area contributed by atoms with Crippen LogP contribution in [0.5, 0.6) is 11.5 Å². The molecule has 0 atom stereocenters. The van der Waals surface area contributed by atoms with E-state index in [4.69, 9.17) is 25.8 Å². The number of ketones is 1. The van der Waals surface area contributed by atoms with Crippen molar-refractivity contribution < 1.29 is 23.8 Å². The van der Waals surface area contributed by atoms with Gasteiger partial charge in [0.25, 0.3) is 0 Å². The molecule has 0 spiro atoms. The van der Waals surface area contributed by atoms with Gasteiger partial charge in [0, 0.05) is 10.0 Å². The molecule has 1 aliphatic rings. The molecule has 0 N–H and O–H groups in total. The largest absolute Gasteiger partial charge is 0.486 e. The highest BCUT2D eigenvalue weighted by Crippen LogP contribution is 2.31. The van der Waals surface area contributed by atoms with Crippen LogP contribution in [0.1, 0.15) is 20.7 Å². The summed E-state index contributed by atoms with van der Waals surface area (Å²) in [6, 6.07) is 9.67. The van der Waals surface area contributed by atoms with E-state index in [9.17, 15) is 9.59 Å². The minimum atomic E-state index is -0.660. The van der Waals surface area contributed by atoms with Crippen molar-refractivity contribution in [3.8, 4) is 11.5 Å². The van der Waals surface area contributed by atoms with Crippen LogP contribution in [-0.2, 0) is 4.74 Å². The standard InChI is InChI=1S/C17H12BrClO5/c18-11-2-3-13(19)12(8-11)17(21)24-9-14(20)10-1-4-15-16(7-10)23-6-5-22-15/h1-4,7-8H,5-6,9H2. The van der Waals surface area contributed by atoms with E-state index in [1.54, 1.807) is 36.4 Å². The van der Waals surface area contributed by atoms with Crippen LogP contribution in [0.4, 0.5) is 0 Å². The third-order valence-electron chi connectivity index (χ3n) is 3.35. The van der Waals surface area contributed by atoms with Gasteiger partial charge in [-0.25, -0.2) is 4.79 Å². The molecule has 3 rings (SSSR count). The van der Waals surface area contributed by atoms with Crippen LogP contribution in [0.25, 0.3) is 0 Å². The van der Waals surface area contributed by atoms with E-state index in [2.05, 4.69) is 15.9 Å². The first-order valence-electron chi connectivity index (χ1n) is 7.09. The first kappa shape index (κ1) is 16.8. The molecule has 0 fully saturated rings. The van der Waals surface area contributed by atoms with Crippen LogP contribution in [0.15, 0.2) is 40.9 Å². The molecule has 7 heteroatoms. The van der Waals surface area contributed by atoms with E-state index in [0.29, 0.717) is 34.7 Å². The molecule has 2 aromatic carbocycles. The van der Waals surface area contributed by atoms with E-state index in [1.807, 2.05) is 0 Å². The maximum absolute atomic E-state index is 12.2. The Morgan fingerprint density at radius 2 is 1.83 bits per heavy atom. The van der Waals surface area contributed by atoms with Gasteiger partial charge >= 0.3 is 5.97 Å². The zero-order valence-electron chi connectivity index (χ0n) is 12.4. The molecule has 0 saturated carbocycles. The number of esters is 1. The van der Waals surface area contributed by atoms with Gasteiger partial charge in [0.2, 0.25) is 0 Å². The number of hydrogen-bond acceptors (Lipinski definition) is 5. The fourth-order valence-corrected chi connectivity index (χ4v) is 2.72. The van der Waals surface area contributed by atoms with Crippen molar-refractivity contribution in [3.63, 3.8) is 0 Å². The Hall–Kier alpha value is -2.05. The second-order valence-corrected chi connectivity index (χ2v) is 6.30. The number of rotatable bonds is 4. The molecule has 5 nitrogen and oxygen atoms in total. The highest BCUT2D eigenvalue weighted by molar-refractivity contribution is 9.10. The highest BCUT2D eigenvalue weighted by Gasteiger charge is 2.18. The molecule has 0 aliphatic carbocycles. The van der Waals surface area contributed by atoms with Gasteiger partial charge in [-0.1, -0.05) is 27.5 Å². The van der Waals surface area contributed by atoms with Gasteiger partial charge < -0.3 is 14.2 Å². The second kappa shape index (κ2) is 7.23. The van der Waals surface area contributed by atoms with Crippen LogP contribution < -0.4 is 9.47 Å². The number of ether oxygens (including phenoxy) is 3. The van der Waals surface area contributed by atoms with Crippen LogP contribution in [-0.4, -0.2) is 31.6 Å². The molecule has 0 aromatic heterocycles. The topological polar surface area (TPSA) is 61.8 Å². The molecule has 124 valence electrons. The zero-order chi connectivity index (χ0) is 17.1. The number of Topliss-reactive ketones (excluding diaryl/α,β-unsaturated/α-hetero) is 1. The molecular weight excluding hydrogens is 400 g/mol. The van der Waals surface area contributed by atoms with Gasteiger partial charge in [0.1, 0.15) is 13.2 Å². The molecule has 0 saturated heterocycles. The van der Waals surface area contributed by atoms with E-state index in [0.717, 1.165) is 0 Å². The Morgan fingerprint density at radius 1 is 1.08 bits per heavy atom. The van der Waals surface area contributed by atoms with Gasteiger partial charge in [-0.3, -0.25) is 4.79 Å². The monoisotopic (exact) mass is 410 g/mol. The van der Waals surface area contributed by atoms with Crippen LogP contribution >= 0.6 is 27.5 Å². The Morgan fingerprint density at radius 3 is 2.62 bits per heavy atom. The van der Waals surface area contributed by atoms with Gasteiger partial charge in [0.05, 0.1) is 10.6 Å². The van der Waals surface area contributed by atoms with Gasteiger partial charge in [-0.15, -0.1) is 0 Å². The maximum Gasteiger partial charge on any atom is 0.340 e. The molecule has 24 heavy (non-hydrogen) atoms. The molecule has 2 aromatic rings. The summed E-state index contributed by atoms with van der Waals surface area (Å²) in [6.07, 6.45) is 0. The summed E-state index contributed by atoms with van der Waals surface area (Å²) in [6.45, 7) is 0.521. The number of fused-ring (bicyclic) bond motifs is 1. The third kappa shape index (κ3) is 3.71. The number of carbonyl (C=O) groups excluding carboxylic acids is 2. The third-order valence-corrected chi connectivity index (χ3v) is 4.17. The Balaban J connectivity index is 1.67. The Labute approximate surface area is 151 Å². The fourth-order valence-electron chi connectivity index (χ4n) is 2.16. The quantitative estimate of drug-likeness (QED) is 0.564. The smallest absolute Gasteiger partial charge is 0.340 e. The molecular formula is C17H12BrClO5. The molecule has 0 bridgehead atoms. The Bertz CT molecular complexity index is 806. The van der Waals surface area contributed by atoms with Crippen molar-refractivity contribution in [1.82, 2.24) is 0 Å². The van der Waals surface area contributed by atoms with E-state index in [1.165, 1.54) is 0 Å². The fraction of sp³-hybridized carbons (Fsp3) is 0.176. The SMILES string of the molecule is O=C(COC(=O)c1cc(Br)ccc1Cl)c1ccc2c(c1)OCCO2. The van der Waals surface area contributed by atoms with Crippen LogP contribution in [0, 0.1) is 0 Å². The lowest BCUT2D eigenvalue weighted by atomic mass is 10.1. The number of carbonyl (C=O) groups is 2. The number of benzene rings is 2. The summed E-state index contributed by atoms with van der Waals surface area (Å²) in [5.41, 5.74) is 0.577. The van der Waals surface area contributed by atoms with E-state index >= 15 is 0 Å². The average molecular weight is 412 g/mol. The van der Waals surface area contributed by atoms with Gasteiger partial charge in [0.15, 0.2) is 23.9 Å². The van der Waals surface area contributed by atoms with Crippen molar-refractivity contribution in [2.24, 2.45) is 0 Å². The Kier molecular flexibility index (Phi) is 5.06. The summed E-state index contributed by atoms with van der Waals surface area (Å²) in [7, 11) is 0. The van der Waals surface area contributed by atoms with Gasteiger partial charge in [-0.05, 0) is 36.4 Å². The summed E-state index contributed by atoms with van der Waals surface area (Å²) < 4.78 is 16.6. The highest BCUT2D eigenvalue weighted by atomic mass is 79.9. The van der Waals surface area contributed by atoms with Crippen LogP contribution in [0.3, 0.4) is 0 Å². The summed E-state index contributed by atoms with van der Waals surface area (Å²) in [5.74, 6) is 0.0998. The minimum Gasteiger partial charge on any atom is -0.486 e.